The SMILES string of the molecule is Cc1c(Cl)cccc1S(=O)(=O)N1CCC[C@H](NC(=O)c2cccnc2)C1. The minimum atomic E-state index is -3.66. The predicted octanol–water partition coefficient (Wildman–Crippen LogP) is 2.63. The number of carbonyl (C=O) groups is 1. The molecule has 6 nitrogen and oxygen atoms in total. The second kappa shape index (κ2) is 7.73. The van der Waals surface area contributed by atoms with E-state index in [1.807, 2.05) is 0 Å². The van der Waals surface area contributed by atoms with Crippen LogP contribution in [0.1, 0.15) is 28.8 Å². The van der Waals surface area contributed by atoms with Crippen LogP contribution in [0.4, 0.5) is 0 Å². The molecule has 8 heteroatoms. The lowest BCUT2D eigenvalue weighted by atomic mass is 10.1. The molecule has 26 heavy (non-hydrogen) atoms. The molecule has 0 saturated carbocycles. The van der Waals surface area contributed by atoms with E-state index >= 15 is 0 Å². The van der Waals surface area contributed by atoms with Crippen molar-refractivity contribution in [3.05, 3.63) is 58.9 Å². The quantitative estimate of drug-likeness (QED) is 0.865. The number of nitrogens with zero attached hydrogens (tertiary/aromatic N) is 2. The number of hydrogen-bond donors (Lipinski definition) is 1. The van der Waals surface area contributed by atoms with E-state index in [9.17, 15) is 13.2 Å². The number of sulfonamides is 1. The van der Waals surface area contributed by atoms with Gasteiger partial charge in [-0.1, -0.05) is 17.7 Å². The summed E-state index contributed by atoms with van der Waals surface area (Å²) in [6, 6.07) is 7.99. The van der Waals surface area contributed by atoms with Crippen LogP contribution in [0.15, 0.2) is 47.6 Å². The summed E-state index contributed by atoms with van der Waals surface area (Å²) in [5.74, 6) is -0.249. The summed E-state index contributed by atoms with van der Waals surface area (Å²) in [5.41, 5.74) is 0.994. The van der Waals surface area contributed by atoms with E-state index in [1.165, 1.54) is 10.5 Å². The Morgan fingerprint density at radius 2 is 2.12 bits per heavy atom. The summed E-state index contributed by atoms with van der Waals surface area (Å²) in [7, 11) is -3.66. The molecule has 1 saturated heterocycles. The summed E-state index contributed by atoms with van der Waals surface area (Å²) in [6.07, 6.45) is 4.49. The number of halogens is 1. The summed E-state index contributed by atoms with van der Waals surface area (Å²) in [4.78, 5) is 16.4. The van der Waals surface area contributed by atoms with E-state index in [0.29, 0.717) is 29.1 Å². The number of nitrogens with one attached hydrogen (secondary N) is 1. The Kier molecular flexibility index (Phi) is 5.60. The van der Waals surface area contributed by atoms with Gasteiger partial charge in [0.05, 0.1) is 10.5 Å². The normalized spacial score (nSPS) is 18.5. The van der Waals surface area contributed by atoms with Gasteiger partial charge in [-0.05, 0) is 49.6 Å². The van der Waals surface area contributed by atoms with Crippen molar-refractivity contribution in [2.45, 2.75) is 30.7 Å². The van der Waals surface area contributed by atoms with Crippen LogP contribution in [-0.4, -0.2) is 42.7 Å². The molecule has 0 aliphatic carbocycles. The number of hydrogen-bond acceptors (Lipinski definition) is 4. The van der Waals surface area contributed by atoms with Crippen LogP contribution in [-0.2, 0) is 10.0 Å². The molecule has 2 aromatic rings. The zero-order valence-electron chi connectivity index (χ0n) is 14.4. The zero-order chi connectivity index (χ0) is 18.7. The molecular formula is C18H20ClN3O3S. The van der Waals surface area contributed by atoms with Crippen molar-refractivity contribution in [1.29, 1.82) is 0 Å². The standard InChI is InChI=1S/C18H20ClN3O3S/c1-13-16(19)7-2-8-17(13)26(24,25)22-10-4-6-15(12-22)21-18(23)14-5-3-9-20-11-14/h2-3,5,7-9,11,15H,4,6,10,12H2,1H3,(H,21,23)/t15-/m0/s1. The van der Waals surface area contributed by atoms with Gasteiger partial charge in [0.15, 0.2) is 0 Å². The van der Waals surface area contributed by atoms with E-state index in [0.717, 1.165) is 6.42 Å². The molecule has 1 fully saturated rings. The lowest BCUT2D eigenvalue weighted by molar-refractivity contribution is 0.0921. The van der Waals surface area contributed by atoms with Gasteiger partial charge in [-0.25, -0.2) is 8.42 Å². The van der Waals surface area contributed by atoms with E-state index in [4.69, 9.17) is 11.6 Å². The third-order valence-corrected chi connectivity index (χ3v) is 6.90. The van der Waals surface area contributed by atoms with Gasteiger partial charge in [-0.3, -0.25) is 9.78 Å². The first-order valence-corrected chi connectivity index (χ1v) is 10.2. The average Bonchev–Trinajstić information content (AvgIpc) is 2.65. The fourth-order valence-corrected chi connectivity index (χ4v) is 5.05. The van der Waals surface area contributed by atoms with Crippen molar-refractivity contribution in [1.82, 2.24) is 14.6 Å². The Hall–Kier alpha value is -1.96. The van der Waals surface area contributed by atoms with Gasteiger partial charge in [0.2, 0.25) is 10.0 Å². The molecule has 1 aromatic heterocycles. The molecule has 1 N–H and O–H groups in total. The molecule has 0 bridgehead atoms. The number of amides is 1. The van der Waals surface area contributed by atoms with E-state index in [1.54, 1.807) is 43.5 Å². The second-order valence-electron chi connectivity index (χ2n) is 6.28. The fraction of sp³-hybridized carbons (Fsp3) is 0.333. The lowest BCUT2D eigenvalue weighted by Crippen LogP contribution is -2.49. The van der Waals surface area contributed by atoms with Crippen LogP contribution < -0.4 is 5.32 Å². The molecule has 2 heterocycles. The molecule has 1 amide bonds. The summed E-state index contributed by atoms with van der Waals surface area (Å²) < 4.78 is 27.4. The van der Waals surface area contributed by atoms with Crippen LogP contribution in [0.5, 0.6) is 0 Å². The topological polar surface area (TPSA) is 79.4 Å². The highest BCUT2D eigenvalue weighted by atomic mass is 35.5. The Morgan fingerprint density at radius 3 is 2.85 bits per heavy atom. The first-order valence-electron chi connectivity index (χ1n) is 8.36. The fourth-order valence-electron chi connectivity index (χ4n) is 3.05. The smallest absolute Gasteiger partial charge is 0.253 e. The van der Waals surface area contributed by atoms with Crippen LogP contribution in [0, 0.1) is 6.92 Å². The zero-order valence-corrected chi connectivity index (χ0v) is 15.9. The first-order chi connectivity index (χ1) is 12.4. The van der Waals surface area contributed by atoms with Crippen molar-refractivity contribution in [3.8, 4) is 0 Å². The largest absolute Gasteiger partial charge is 0.348 e. The van der Waals surface area contributed by atoms with Crippen molar-refractivity contribution >= 4 is 27.5 Å². The molecule has 0 unspecified atom stereocenters. The number of rotatable bonds is 4. The van der Waals surface area contributed by atoms with Gasteiger partial charge in [0.1, 0.15) is 0 Å². The lowest BCUT2D eigenvalue weighted by Gasteiger charge is -2.32. The molecular weight excluding hydrogens is 374 g/mol. The molecule has 0 spiro atoms. The minimum absolute atomic E-state index is 0.212. The van der Waals surface area contributed by atoms with Crippen molar-refractivity contribution < 1.29 is 13.2 Å². The Labute approximate surface area is 158 Å². The monoisotopic (exact) mass is 393 g/mol. The van der Waals surface area contributed by atoms with E-state index in [-0.39, 0.29) is 23.4 Å². The van der Waals surface area contributed by atoms with Gasteiger partial charge in [-0.15, -0.1) is 0 Å². The van der Waals surface area contributed by atoms with Crippen LogP contribution in [0.2, 0.25) is 5.02 Å². The van der Waals surface area contributed by atoms with E-state index in [2.05, 4.69) is 10.3 Å². The molecule has 0 radical (unpaired) electrons. The highest BCUT2D eigenvalue weighted by Crippen LogP contribution is 2.27. The highest BCUT2D eigenvalue weighted by molar-refractivity contribution is 7.89. The predicted molar refractivity (Wildman–Crippen MR) is 99.7 cm³/mol. The molecule has 1 aliphatic rings. The average molecular weight is 394 g/mol. The van der Waals surface area contributed by atoms with Gasteiger partial charge >= 0.3 is 0 Å². The maximum absolute atomic E-state index is 13.0. The highest BCUT2D eigenvalue weighted by Gasteiger charge is 2.32. The number of pyridine rings is 1. The Balaban J connectivity index is 1.76. The van der Waals surface area contributed by atoms with Crippen LogP contribution in [0.25, 0.3) is 0 Å². The number of piperidine rings is 1. The Bertz CT molecular complexity index is 903. The summed E-state index contributed by atoms with van der Waals surface area (Å²) in [6.45, 7) is 2.36. The number of aromatic nitrogens is 1. The molecule has 3 rings (SSSR count). The third kappa shape index (κ3) is 3.90. The van der Waals surface area contributed by atoms with Crippen molar-refractivity contribution in [2.75, 3.05) is 13.1 Å². The number of benzene rings is 1. The number of carbonyl (C=O) groups excluding carboxylic acids is 1. The van der Waals surface area contributed by atoms with Gasteiger partial charge in [0, 0.05) is 36.5 Å². The minimum Gasteiger partial charge on any atom is -0.348 e. The van der Waals surface area contributed by atoms with Crippen molar-refractivity contribution in [3.63, 3.8) is 0 Å². The molecule has 1 aliphatic heterocycles. The van der Waals surface area contributed by atoms with Crippen LogP contribution >= 0.6 is 11.6 Å². The second-order valence-corrected chi connectivity index (χ2v) is 8.59. The van der Waals surface area contributed by atoms with Gasteiger partial charge in [0.25, 0.3) is 5.91 Å². The summed E-state index contributed by atoms with van der Waals surface area (Å²) in [5, 5.41) is 3.32. The van der Waals surface area contributed by atoms with Gasteiger partial charge in [-0.2, -0.15) is 4.31 Å². The summed E-state index contributed by atoms with van der Waals surface area (Å²) >= 11 is 6.08. The molecule has 138 valence electrons. The van der Waals surface area contributed by atoms with Crippen molar-refractivity contribution in [2.24, 2.45) is 0 Å². The maximum Gasteiger partial charge on any atom is 0.253 e. The molecule has 1 aromatic carbocycles. The Morgan fingerprint density at radius 1 is 1.31 bits per heavy atom. The third-order valence-electron chi connectivity index (χ3n) is 4.48. The maximum atomic E-state index is 13.0. The van der Waals surface area contributed by atoms with Gasteiger partial charge < -0.3 is 5.32 Å². The first kappa shape index (κ1) is 18.8. The molecule has 1 atom stereocenters. The van der Waals surface area contributed by atoms with E-state index < -0.39 is 10.0 Å². The van der Waals surface area contributed by atoms with Crippen LogP contribution in [0.3, 0.4) is 0 Å².